The molecule has 0 atom stereocenters. The number of hydrogen-bond acceptors (Lipinski definition) is 4. The second-order valence-corrected chi connectivity index (χ2v) is 5.72. The molecule has 1 saturated carbocycles. The Morgan fingerprint density at radius 1 is 1.35 bits per heavy atom. The molecule has 20 heavy (non-hydrogen) atoms. The first-order chi connectivity index (χ1) is 9.74. The van der Waals surface area contributed by atoms with E-state index in [-0.39, 0.29) is 5.69 Å². The molecule has 2 aromatic rings. The van der Waals surface area contributed by atoms with Crippen molar-refractivity contribution < 1.29 is 0 Å². The first-order valence-corrected chi connectivity index (χ1v) is 7.36. The van der Waals surface area contributed by atoms with Gasteiger partial charge >= 0.3 is 5.69 Å². The predicted molar refractivity (Wildman–Crippen MR) is 76.7 cm³/mol. The molecule has 0 unspecified atom stereocenters. The van der Waals surface area contributed by atoms with Crippen LogP contribution in [0.5, 0.6) is 0 Å². The molecule has 0 amide bonds. The van der Waals surface area contributed by atoms with Crippen LogP contribution >= 0.6 is 0 Å². The molecular formula is C14H21N5O. The van der Waals surface area contributed by atoms with Gasteiger partial charge in [-0.3, -0.25) is 4.98 Å². The number of nitrogens with zero attached hydrogens (tertiary/aromatic N) is 4. The molecule has 6 nitrogen and oxygen atoms in total. The van der Waals surface area contributed by atoms with E-state index in [9.17, 15) is 4.79 Å². The topological polar surface area (TPSA) is 64.2 Å². The van der Waals surface area contributed by atoms with Crippen LogP contribution in [-0.2, 0) is 6.54 Å². The lowest BCUT2D eigenvalue weighted by molar-refractivity contribution is 0.303. The average molecular weight is 275 g/mol. The van der Waals surface area contributed by atoms with Crippen molar-refractivity contribution in [1.29, 1.82) is 0 Å². The third-order valence-electron chi connectivity index (χ3n) is 4.16. The lowest BCUT2D eigenvalue weighted by atomic mass is 9.87. The van der Waals surface area contributed by atoms with Crippen molar-refractivity contribution in [2.75, 3.05) is 6.54 Å². The summed E-state index contributed by atoms with van der Waals surface area (Å²) >= 11 is 0. The van der Waals surface area contributed by atoms with Gasteiger partial charge in [0.1, 0.15) is 0 Å². The summed E-state index contributed by atoms with van der Waals surface area (Å²) in [5.41, 5.74) is 0.505. The smallest absolute Gasteiger partial charge is 0.312 e. The van der Waals surface area contributed by atoms with Gasteiger partial charge < -0.3 is 5.32 Å². The van der Waals surface area contributed by atoms with E-state index in [1.54, 1.807) is 18.6 Å². The molecule has 108 valence electrons. The Bertz CT molecular complexity index is 624. The van der Waals surface area contributed by atoms with E-state index in [0.717, 1.165) is 12.5 Å². The van der Waals surface area contributed by atoms with Crippen molar-refractivity contribution in [3.05, 3.63) is 29.1 Å². The van der Waals surface area contributed by atoms with Crippen LogP contribution in [0.25, 0.3) is 5.65 Å². The van der Waals surface area contributed by atoms with E-state index < -0.39 is 0 Å². The van der Waals surface area contributed by atoms with Gasteiger partial charge in [0.25, 0.3) is 0 Å². The third kappa shape index (κ3) is 2.75. The standard InChI is InChI=1S/C14H21N5O/c1-11-2-4-12(5-3-11)16-7-9-19-14(20)18-8-6-15-10-13(18)17-19/h6,8,10-12,16H,2-5,7,9H2,1H3. The van der Waals surface area contributed by atoms with Gasteiger partial charge in [0.15, 0.2) is 5.65 Å². The zero-order valence-corrected chi connectivity index (χ0v) is 11.8. The Morgan fingerprint density at radius 3 is 2.90 bits per heavy atom. The first kappa shape index (κ1) is 13.3. The van der Waals surface area contributed by atoms with Gasteiger partial charge in [-0.25, -0.2) is 13.9 Å². The van der Waals surface area contributed by atoms with E-state index >= 15 is 0 Å². The predicted octanol–water partition coefficient (Wildman–Crippen LogP) is 1.06. The molecule has 0 aromatic carbocycles. The van der Waals surface area contributed by atoms with Crippen molar-refractivity contribution in [3.63, 3.8) is 0 Å². The molecule has 1 aliphatic rings. The van der Waals surface area contributed by atoms with Crippen LogP contribution < -0.4 is 11.0 Å². The summed E-state index contributed by atoms with van der Waals surface area (Å²) in [6.07, 6.45) is 9.94. The zero-order valence-electron chi connectivity index (χ0n) is 11.8. The van der Waals surface area contributed by atoms with Crippen molar-refractivity contribution in [1.82, 2.24) is 24.5 Å². The Balaban J connectivity index is 1.57. The maximum absolute atomic E-state index is 12.1. The fourth-order valence-electron chi connectivity index (χ4n) is 2.86. The van der Waals surface area contributed by atoms with Crippen molar-refractivity contribution in [3.8, 4) is 0 Å². The van der Waals surface area contributed by atoms with Crippen LogP contribution in [0.4, 0.5) is 0 Å². The molecule has 0 spiro atoms. The Labute approximate surface area is 117 Å². The molecule has 2 heterocycles. The fourth-order valence-corrected chi connectivity index (χ4v) is 2.86. The summed E-state index contributed by atoms with van der Waals surface area (Å²) in [6, 6.07) is 0.598. The third-order valence-corrected chi connectivity index (χ3v) is 4.16. The highest BCUT2D eigenvalue weighted by Gasteiger charge is 2.17. The van der Waals surface area contributed by atoms with Gasteiger partial charge in [0.2, 0.25) is 0 Å². The summed E-state index contributed by atoms with van der Waals surface area (Å²) in [6.45, 7) is 3.71. The number of rotatable bonds is 4. The molecule has 0 aliphatic heterocycles. The second kappa shape index (κ2) is 5.75. The van der Waals surface area contributed by atoms with Gasteiger partial charge in [-0.2, -0.15) is 0 Å². The summed E-state index contributed by atoms with van der Waals surface area (Å²) in [5.74, 6) is 0.863. The monoisotopic (exact) mass is 275 g/mol. The minimum Gasteiger partial charge on any atom is -0.312 e. The molecule has 3 rings (SSSR count). The highest BCUT2D eigenvalue weighted by atomic mass is 16.2. The minimum atomic E-state index is -0.0959. The van der Waals surface area contributed by atoms with Gasteiger partial charge in [-0.05, 0) is 31.6 Å². The van der Waals surface area contributed by atoms with E-state index in [2.05, 4.69) is 22.3 Å². The quantitative estimate of drug-likeness (QED) is 0.906. The Hall–Kier alpha value is -1.69. The molecule has 0 bridgehead atoms. The van der Waals surface area contributed by atoms with Crippen LogP contribution in [0.1, 0.15) is 32.6 Å². The average Bonchev–Trinajstić information content (AvgIpc) is 2.78. The highest BCUT2D eigenvalue weighted by molar-refractivity contribution is 5.31. The van der Waals surface area contributed by atoms with Gasteiger partial charge in [-0.15, -0.1) is 5.10 Å². The molecule has 0 saturated heterocycles. The molecule has 1 fully saturated rings. The van der Waals surface area contributed by atoms with E-state index in [1.165, 1.54) is 34.8 Å². The zero-order chi connectivity index (χ0) is 13.9. The van der Waals surface area contributed by atoms with Crippen LogP contribution in [0.15, 0.2) is 23.4 Å². The lowest BCUT2D eigenvalue weighted by Crippen LogP contribution is -2.36. The Kier molecular flexibility index (Phi) is 3.82. The number of nitrogens with one attached hydrogen (secondary N) is 1. The maximum atomic E-state index is 12.1. The van der Waals surface area contributed by atoms with Crippen LogP contribution in [0.2, 0.25) is 0 Å². The summed E-state index contributed by atoms with van der Waals surface area (Å²) < 4.78 is 3.03. The normalized spacial score (nSPS) is 23.2. The van der Waals surface area contributed by atoms with Crippen LogP contribution in [-0.4, -0.2) is 31.8 Å². The van der Waals surface area contributed by atoms with Crippen LogP contribution in [0.3, 0.4) is 0 Å². The minimum absolute atomic E-state index is 0.0959. The second-order valence-electron chi connectivity index (χ2n) is 5.72. The number of fused-ring (bicyclic) bond motifs is 1. The largest absolute Gasteiger partial charge is 0.350 e. The SMILES string of the molecule is CC1CCC(NCCn2nc3cnccn3c2=O)CC1. The van der Waals surface area contributed by atoms with Crippen molar-refractivity contribution in [2.45, 2.75) is 45.2 Å². The van der Waals surface area contributed by atoms with E-state index in [4.69, 9.17) is 0 Å². The number of hydrogen-bond donors (Lipinski definition) is 1. The summed E-state index contributed by atoms with van der Waals surface area (Å²) in [5, 5.41) is 7.81. The van der Waals surface area contributed by atoms with Gasteiger partial charge in [0, 0.05) is 25.0 Å². The molecular weight excluding hydrogens is 254 g/mol. The van der Waals surface area contributed by atoms with Gasteiger partial charge in [-0.1, -0.05) is 6.92 Å². The summed E-state index contributed by atoms with van der Waals surface area (Å²) in [4.78, 5) is 16.0. The molecule has 1 N–H and O–H groups in total. The van der Waals surface area contributed by atoms with E-state index in [0.29, 0.717) is 18.2 Å². The molecule has 2 aromatic heterocycles. The highest BCUT2D eigenvalue weighted by Crippen LogP contribution is 2.23. The molecule has 0 radical (unpaired) electrons. The van der Waals surface area contributed by atoms with E-state index in [1.807, 2.05) is 0 Å². The van der Waals surface area contributed by atoms with Crippen LogP contribution in [0, 0.1) is 5.92 Å². The molecule has 6 heteroatoms. The molecule has 1 aliphatic carbocycles. The van der Waals surface area contributed by atoms with Crippen molar-refractivity contribution >= 4 is 5.65 Å². The maximum Gasteiger partial charge on any atom is 0.350 e. The fraction of sp³-hybridized carbons (Fsp3) is 0.643. The first-order valence-electron chi connectivity index (χ1n) is 7.36. The number of aromatic nitrogens is 4. The Morgan fingerprint density at radius 2 is 2.15 bits per heavy atom. The van der Waals surface area contributed by atoms with Crippen molar-refractivity contribution in [2.24, 2.45) is 5.92 Å². The lowest BCUT2D eigenvalue weighted by Gasteiger charge is -2.26. The summed E-state index contributed by atoms with van der Waals surface area (Å²) in [7, 11) is 0. The van der Waals surface area contributed by atoms with Gasteiger partial charge in [0.05, 0.1) is 12.7 Å².